The fourth-order valence-corrected chi connectivity index (χ4v) is 5.23. The molecule has 138 valence electrons. The lowest BCUT2D eigenvalue weighted by molar-refractivity contribution is -0.148. The third-order valence-electron chi connectivity index (χ3n) is 6.53. The van der Waals surface area contributed by atoms with E-state index < -0.39 is 5.97 Å². The maximum absolute atomic E-state index is 12.8. The highest BCUT2D eigenvalue weighted by Crippen LogP contribution is 2.65. The van der Waals surface area contributed by atoms with Crippen molar-refractivity contribution in [1.82, 2.24) is 4.90 Å². The molecule has 1 aromatic carbocycles. The van der Waals surface area contributed by atoms with Crippen molar-refractivity contribution in [1.29, 1.82) is 0 Å². The van der Waals surface area contributed by atoms with Crippen molar-refractivity contribution in [2.45, 2.75) is 13.3 Å². The van der Waals surface area contributed by atoms with Gasteiger partial charge in [-0.15, -0.1) is 0 Å². The highest BCUT2D eigenvalue weighted by atomic mass is 16.5. The summed E-state index contributed by atoms with van der Waals surface area (Å²) in [6.07, 6.45) is 5.31. The third kappa shape index (κ3) is 2.39. The van der Waals surface area contributed by atoms with Crippen molar-refractivity contribution in [3.63, 3.8) is 0 Å². The zero-order chi connectivity index (χ0) is 18.9. The molecule has 2 amide bonds. The highest BCUT2D eigenvalue weighted by Gasteiger charge is 2.67. The van der Waals surface area contributed by atoms with Crippen molar-refractivity contribution < 1.29 is 23.9 Å². The first kappa shape index (κ1) is 16.4. The first-order valence-electron chi connectivity index (χ1n) is 9.31. The van der Waals surface area contributed by atoms with Crippen molar-refractivity contribution in [2.24, 2.45) is 35.5 Å². The van der Waals surface area contributed by atoms with Crippen LogP contribution in [0.5, 0.6) is 5.75 Å². The number of esters is 1. The Hall–Kier alpha value is -2.76. The maximum Gasteiger partial charge on any atom is 0.331 e. The van der Waals surface area contributed by atoms with Gasteiger partial charge < -0.3 is 4.74 Å². The number of Topliss-reactive ketones (excluding diaryl/α,β-unsaturated/α-hetero) is 1. The zero-order valence-corrected chi connectivity index (χ0v) is 14.8. The lowest BCUT2D eigenvalue weighted by Crippen LogP contribution is -2.40. The summed E-state index contributed by atoms with van der Waals surface area (Å²) >= 11 is 0. The first-order valence-corrected chi connectivity index (χ1v) is 9.31. The molecule has 5 aliphatic rings. The minimum atomic E-state index is -0.656. The molecule has 6 atom stereocenters. The van der Waals surface area contributed by atoms with Gasteiger partial charge in [0.15, 0.2) is 5.78 Å². The topological polar surface area (TPSA) is 80.8 Å². The van der Waals surface area contributed by atoms with E-state index in [1.807, 2.05) is 0 Å². The van der Waals surface area contributed by atoms with Gasteiger partial charge >= 0.3 is 5.97 Å². The van der Waals surface area contributed by atoms with Gasteiger partial charge in [0.1, 0.15) is 12.3 Å². The van der Waals surface area contributed by atoms with E-state index in [-0.39, 0.29) is 53.6 Å². The van der Waals surface area contributed by atoms with Crippen LogP contribution in [0.3, 0.4) is 0 Å². The van der Waals surface area contributed by atoms with E-state index in [0.29, 0.717) is 17.4 Å². The number of benzene rings is 1. The summed E-state index contributed by atoms with van der Waals surface area (Å²) in [5.74, 6) is -0.196. The number of ketones is 1. The fraction of sp³-hybridized carbons (Fsp3) is 0.429. The van der Waals surface area contributed by atoms with Crippen LogP contribution in [0.15, 0.2) is 36.4 Å². The van der Waals surface area contributed by atoms with E-state index >= 15 is 0 Å². The molecule has 0 radical (unpaired) electrons. The largest absolute Gasteiger partial charge is 0.425 e. The third-order valence-corrected chi connectivity index (χ3v) is 6.53. The Bertz CT molecular complexity index is 866. The average Bonchev–Trinajstić information content (AvgIpc) is 3.43. The summed E-state index contributed by atoms with van der Waals surface area (Å²) in [5.41, 5.74) is 0.519. The quantitative estimate of drug-likeness (QED) is 0.267. The molecule has 1 heterocycles. The molecule has 0 spiro atoms. The average molecular weight is 365 g/mol. The Morgan fingerprint density at radius 1 is 1.00 bits per heavy atom. The number of allylic oxidation sites excluding steroid dienone is 2. The van der Waals surface area contributed by atoms with E-state index in [2.05, 4.69) is 12.2 Å². The standard InChI is InChI=1S/C21H19NO5/c1-10(23)11-2-4-12(5-3-11)27-17(24)9-22-20(25)18-13-6-7-14(16-8-15(13)16)19(18)21(22)26/h2-7,13-16,18-19H,8-9H2,1H3/t13-,14+,15-,16-,18+,19-/m1/s1. The molecule has 0 N–H and O–H groups in total. The summed E-state index contributed by atoms with van der Waals surface area (Å²) in [6.45, 7) is 1.09. The number of likely N-dealkylation sites (tertiary alicyclic amines) is 1. The summed E-state index contributed by atoms with van der Waals surface area (Å²) in [5, 5.41) is 0. The van der Waals surface area contributed by atoms with Gasteiger partial charge in [0.25, 0.3) is 0 Å². The van der Waals surface area contributed by atoms with Crippen LogP contribution < -0.4 is 4.74 Å². The molecule has 6 heteroatoms. The van der Waals surface area contributed by atoms with Crippen LogP contribution in [0, 0.1) is 35.5 Å². The second-order valence-corrected chi connectivity index (χ2v) is 7.97. The van der Waals surface area contributed by atoms with Gasteiger partial charge in [0.05, 0.1) is 11.8 Å². The van der Waals surface area contributed by atoms with Gasteiger partial charge in [0, 0.05) is 5.56 Å². The predicted molar refractivity (Wildman–Crippen MR) is 93.5 cm³/mol. The van der Waals surface area contributed by atoms with Crippen molar-refractivity contribution in [3.8, 4) is 5.75 Å². The van der Waals surface area contributed by atoms with E-state index in [0.717, 1.165) is 11.3 Å². The minimum Gasteiger partial charge on any atom is -0.425 e. The Morgan fingerprint density at radius 2 is 1.56 bits per heavy atom. The Labute approximate surface area is 156 Å². The Balaban J connectivity index is 1.29. The van der Waals surface area contributed by atoms with Crippen LogP contribution in [0.1, 0.15) is 23.7 Å². The van der Waals surface area contributed by atoms with Gasteiger partial charge in [-0.2, -0.15) is 0 Å². The Morgan fingerprint density at radius 3 is 2.07 bits per heavy atom. The number of rotatable bonds is 4. The molecule has 2 bridgehead atoms. The van der Waals surface area contributed by atoms with Crippen LogP contribution in [0.4, 0.5) is 0 Å². The number of hydrogen-bond acceptors (Lipinski definition) is 5. The second kappa shape index (κ2) is 5.62. The van der Waals surface area contributed by atoms with E-state index in [9.17, 15) is 19.2 Å². The maximum atomic E-state index is 12.8. The van der Waals surface area contributed by atoms with Gasteiger partial charge in [0.2, 0.25) is 11.8 Å². The summed E-state index contributed by atoms with van der Waals surface area (Å²) in [4.78, 5) is 50.3. The highest BCUT2D eigenvalue weighted by molar-refractivity contribution is 6.08. The van der Waals surface area contributed by atoms with Crippen LogP contribution >= 0.6 is 0 Å². The molecule has 6 nitrogen and oxygen atoms in total. The van der Waals surface area contributed by atoms with Crippen molar-refractivity contribution >= 4 is 23.6 Å². The van der Waals surface area contributed by atoms with Crippen molar-refractivity contribution in [3.05, 3.63) is 42.0 Å². The van der Waals surface area contributed by atoms with Gasteiger partial charge in [-0.1, -0.05) is 12.2 Å². The molecule has 4 aliphatic carbocycles. The fourth-order valence-electron chi connectivity index (χ4n) is 5.23. The SMILES string of the molecule is CC(=O)c1ccc(OC(=O)CN2C(=O)[C@@H]3[C@H]4C=C[C@H]([C@H]5C[C@H]45)[C@@H]3C2=O)cc1. The van der Waals surface area contributed by atoms with Gasteiger partial charge in [-0.3, -0.25) is 19.3 Å². The molecule has 2 saturated carbocycles. The van der Waals surface area contributed by atoms with Crippen LogP contribution in [0.2, 0.25) is 0 Å². The number of ether oxygens (including phenoxy) is 1. The molecule has 0 unspecified atom stereocenters. The number of hydrogen-bond donors (Lipinski definition) is 0. The van der Waals surface area contributed by atoms with Crippen molar-refractivity contribution in [2.75, 3.05) is 6.54 Å². The summed E-state index contributed by atoms with van der Waals surface area (Å²) in [7, 11) is 0. The molecule has 6 rings (SSSR count). The monoisotopic (exact) mass is 365 g/mol. The number of carbonyl (C=O) groups excluding carboxylic acids is 4. The Kier molecular flexibility index (Phi) is 3.41. The number of amides is 2. The van der Waals surface area contributed by atoms with E-state index in [4.69, 9.17) is 4.74 Å². The summed E-state index contributed by atoms with van der Waals surface area (Å²) in [6, 6.07) is 6.20. The smallest absolute Gasteiger partial charge is 0.331 e. The number of carbonyl (C=O) groups is 4. The molecule has 3 fully saturated rings. The normalized spacial score (nSPS) is 35.1. The lowest BCUT2D eigenvalue weighted by atomic mass is 9.63. The number of imide groups is 1. The molecular weight excluding hydrogens is 346 g/mol. The second-order valence-electron chi connectivity index (χ2n) is 7.97. The van der Waals surface area contributed by atoms with Crippen LogP contribution in [-0.2, 0) is 14.4 Å². The first-order chi connectivity index (χ1) is 13.0. The molecule has 27 heavy (non-hydrogen) atoms. The zero-order valence-electron chi connectivity index (χ0n) is 14.8. The summed E-state index contributed by atoms with van der Waals surface area (Å²) < 4.78 is 5.25. The minimum absolute atomic E-state index is 0.0787. The predicted octanol–water partition coefficient (Wildman–Crippen LogP) is 1.85. The van der Waals surface area contributed by atoms with Crippen LogP contribution in [-0.4, -0.2) is 35.0 Å². The van der Waals surface area contributed by atoms with Gasteiger partial charge in [-0.05, 0) is 61.3 Å². The molecule has 1 aliphatic heterocycles. The van der Waals surface area contributed by atoms with E-state index in [1.165, 1.54) is 19.1 Å². The molecular formula is C21H19NO5. The number of nitrogens with zero attached hydrogens (tertiary/aromatic N) is 1. The molecule has 0 aromatic heterocycles. The van der Waals surface area contributed by atoms with Crippen LogP contribution in [0.25, 0.3) is 0 Å². The molecule has 1 saturated heterocycles. The van der Waals surface area contributed by atoms with E-state index in [1.54, 1.807) is 12.1 Å². The lowest BCUT2D eigenvalue weighted by Gasteiger charge is -2.37. The molecule has 1 aromatic rings. The van der Waals surface area contributed by atoms with Gasteiger partial charge in [-0.25, -0.2) is 4.79 Å².